The zero-order valence-electron chi connectivity index (χ0n) is 11.2. The largest absolute Gasteiger partial charge is 0.381 e. The summed E-state index contributed by atoms with van der Waals surface area (Å²) in [6.45, 7) is 3.83. The van der Waals surface area contributed by atoms with Gasteiger partial charge >= 0.3 is 0 Å². The van der Waals surface area contributed by atoms with Crippen LogP contribution in [0.2, 0.25) is 0 Å². The third-order valence-electron chi connectivity index (χ3n) is 4.76. The van der Waals surface area contributed by atoms with E-state index < -0.39 is 0 Å². The molecule has 2 bridgehead atoms. The van der Waals surface area contributed by atoms with Crippen LogP contribution in [0, 0.1) is 5.92 Å². The number of nitrogens with one attached hydrogen (secondary N) is 1. The molecule has 1 N–H and O–H groups in total. The van der Waals surface area contributed by atoms with E-state index in [0.29, 0.717) is 6.04 Å². The van der Waals surface area contributed by atoms with Gasteiger partial charge in [0.05, 0.1) is 0 Å². The molecule has 3 heterocycles. The molecule has 2 aromatic carbocycles. The van der Waals surface area contributed by atoms with Gasteiger partial charge in [0, 0.05) is 18.3 Å². The summed E-state index contributed by atoms with van der Waals surface area (Å²) in [6.07, 6.45) is 2.73. The van der Waals surface area contributed by atoms with Crippen molar-refractivity contribution in [1.29, 1.82) is 0 Å². The predicted molar refractivity (Wildman–Crippen MR) is 80.5 cm³/mol. The summed E-state index contributed by atoms with van der Waals surface area (Å²) in [5.74, 6) is 0.872. The zero-order valence-corrected chi connectivity index (χ0v) is 11.2. The van der Waals surface area contributed by atoms with Crippen LogP contribution >= 0.6 is 0 Å². The minimum atomic E-state index is 0.642. The Morgan fingerprint density at radius 1 is 0.947 bits per heavy atom. The molecule has 3 saturated heterocycles. The Morgan fingerprint density at radius 2 is 1.74 bits per heavy atom. The van der Waals surface area contributed by atoms with Crippen molar-refractivity contribution in [3.63, 3.8) is 0 Å². The van der Waals surface area contributed by atoms with E-state index in [-0.39, 0.29) is 0 Å². The van der Waals surface area contributed by atoms with Gasteiger partial charge < -0.3 is 10.2 Å². The SMILES string of the molecule is c1ccc2cc(NC3CN4CCC3CC4)ccc2c1. The summed E-state index contributed by atoms with van der Waals surface area (Å²) in [5, 5.41) is 6.41. The van der Waals surface area contributed by atoms with Crippen molar-refractivity contribution in [3.8, 4) is 0 Å². The minimum absolute atomic E-state index is 0.642. The molecule has 0 saturated carbocycles. The number of hydrogen-bond donors (Lipinski definition) is 1. The third-order valence-corrected chi connectivity index (χ3v) is 4.76. The summed E-state index contributed by atoms with van der Waals surface area (Å²) in [5.41, 5.74) is 1.28. The lowest BCUT2D eigenvalue weighted by molar-refractivity contribution is 0.0975. The standard InChI is InChI=1S/C17H20N2/c1-2-4-15-11-16(6-5-13(15)3-1)18-17-12-19-9-7-14(17)8-10-19/h1-6,11,14,17-18H,7-10,12H2. The van der Waals surface area contributed by atoms with Crippen molar-refractivity contribution in [2.45, 2.75) is 18.9 Å². The smallest absolute Gasteiger partial charge is 0.0417 e. The molecule has 1 unspecified atom stereocenters. The lowest BCUT2D eigenvalue weighted by Crippen LogP contribution is -2.53. The van der Waals surface area contributed by atoms with E-state index in [1.165, 1.54) is 48.9 Å². The second-order valence-corrected chi connectivity index (χ2v) is 5.95. The molecule has 3 aliphatic rings. The van der Waals surface area contributed by atoms with Crippen LogP contribution in [0.25, 0.3) is 10.8 Å². The summed E-state index contributed by atoms with van der Waals surface area (Å²) < 4.78 is 0. The van der Waals surface area contributed by atoms with Gasteiger partial charge in [0.15, 0.2) is 0 Å². The highest BCUT2D eigenvalue weighted by Gasteiger charge is 2.33. The molecule has 98 valence electrons. The summed E-state index contributed by atoms with van der Waals surface area (Å²) in [4.78, 5) is 2.60. The average molecular weight is 252 g/mol. The molecule has 2 aromatic rings. The number of rotatable bonds is 2. The highest BCUT2D eigenvalue weighted by atomic mass is 15.2. The van der Waals surface area contributed by atoms with Gasteiger partial charge in [-0.1, -0.05) is 30.3 Å². The molecule has 3 aliphatic heterocycles. The molecule has 0 radical (unpaired) electrons. The van der Waals surface area contributed by atoms with Crippen LogP contribution in [0.15, 0.2) is 42.5 Å². The molecular weight excluding hydrogens is 232 g/mol. The van der Waals surface area contributed by atoms with Crippen molar-refractivity contribution in [2.24, 2.45) is 5.92 Å². The second-order valence-electron chi connectivity index (χ2n) is 5.95. The van der Waals surface area contributed by atoms with Crippen LogP contribution in [0.1, 0.15) is 12.8 Å². The van der Waals surface area contributed by atoms with Gasteiger partial charge in [-0.3, -0.25) is 0 Å². The molecule has 0 amide bonds. The fourth-order valence-electron chi connectivity index (χ4n) is 3.62. The van der Waals surface area contributed by atoms with E-state index >= 15 is 0 Å². The van der Waals surface area contributed by atoms with Crippen LogP contribution in [0.4, 0.5) is 5.69 Å². The van der Waals surface area contributed by atoms with Crippen LogP contribution < -0.4 is 5.32 Å². The topological polar surface area (TPSA) is 15.3 Å². The number of hydrogen-bond acceptors (Lipinski definition) is 2. The maximum absolute atomic E-state index is 3.76. The van der Waals surface area contributed by atoms with Gasteiger partial charge in [-0.2, -0.15) is 0 Å². The molecular formula is C17H20N2. The lowest BCUT2D eigenvalue weighted by atomic mass is 9.84. The molecule has 1 atom stereocenters. The summed E-state index contributed by atoms with van der Waals surface area (Å²) in [7, 11) is 0. The van der Waals surface area contributed by atoms with Crippen molar-refractivity contribution in [1.82, 2.24) is 4.90 Å². The first-order valence-corrected chi connectivity index (χ1v) is 7.36. The molecule has 2 nitrogen and oxygen atoms in total. The van der Waals surface area contributed by atoms with Crippen LogP contribution in [0.5, 0.6) is 0 Å². The van der Waals surface area contributed by atoms with E-state index in [0.717, 1.165) is 5.92 Å². The first-order valence-electron chi connectivity index (χ1n) is 7.36. The first kappa shape index (κ1) is 11.3. The molecule has 0 spiro atoms. The van der Waals surface area contributed by atoms with E-state index in [9.17, 15) is 0 Å². The van der Waals surface area contributed by atoms with Crippen molar-refractivity contribution >= 4 is 16.5 Å². The minimum Gasteiger partial charge on any atom is -0.381 e. The van der Waals surface area contributed by atoms with Gasteiger partial charge in [-0.05, 0) is 54.8 Å². The van der Waals surface area contributed by atoms with Crippen LogP contribution in [0.3, 0.4) is 0 Å². The monoisotopic (exact) mass is 252 g/mol. The third kappa shape index (κ3) is 2.10. The summed E-state index contributed by atoms with van der Waals surface area (Å²) in [6, 6.07) is 15.9. The number of nitrogens with zero attached hydrogens (tertiary/aromatic N) is 1. The Bertz CT molecular complexity index is 585. The van der Waals surface area contributed by atoms with Crippen LogP contribution in [-0.4, -0.2) is 30.6 Å². The zero-order chi connectivity index (χ0) is 12.7. The Labute approximate surface area is 114 Å². The Kier molecular flexibility index (Phi) is 2.70. The van der Waals surface area contributed by atoms with E-state index in [1.807, 2.05) is 0 Å². The second kappa shape index (κ2) is 4.53. The fourth-order valence-corrected chi connectivity index (χ4v) is 3.62. The Hall–Kier alpha value is -1.54. The quantitative estimate of drug-likeness (QED) is 0.881. The van der Waals surface area contributed by atoms with Gasteiger partial charge in [-0.15, -0.1) is 0 Å². The Balaban J connectivity index is 1.58. The molecule has 5 rings (SSSR count). The molecule has 0 aromatic heterocycles. The van der Waals surface area contributed by atoms with Gasteiger partial charge in [0.2, 0.25) is 0 Å². The first-order chi connectivity index (χ1) is 9.38. The number of benzene rings is 2. The van der Waals surface area contributed by atoms with Gasteiger partial charge in [0.1, 0.15) is 0 Å². The normalized spacial score (nSPS) is 29.6. The maximum atomic E-state index is 3.76. The lowest BCUT2D eigenvalue weighted by Gasteiger charge is -2.45. The Morgan fingerprint density at radius 3 is 2.47 bits per heavy atom. The average Bonchev–Trinajstić information content (AvgIpc) is 2.48. The van der Waals surface area contributed by atoms with E-state index in [1.54, 1.807) is 0 Å². The van der Waals surface area contributed by atoms with Gasteiger partial charge in [-0.25, -0.2) is 0 Å². The van der Waals surface area contributed by atoms with Crippen molar-refractivity contribution in [2.75, 3.05) is 25.0 Å². The predicted octanol–water partition coefficient (Wildman–Crippen LogP) is 3.35. The molecule has 2 heteroatoms. The summed E-state index contributed by atoms with van der Waals surface area (Å²) >= 11 is 0. The maximum Gasteiger partial charge on any atom is 0.0417 e. The molecule has 3 fully saturated rings. The number of piperidine rings is 3. The highest BCUT2D eigenvalue weighted by molar-refractivity contribution is 5.85. The molecule has 0 aliphatic carbocycles. The fraction of sp³-hybridized carbons (Fsp3) is 0.412. The van der Waals surface area contributed by atoms with Gasteiger partial charge in [0.25, 0.3) is 0 Å². The van der Waals surface area contributed by atoms with Crippen molar-refractivity contribution < 1.29 is 0 Å². The number of anilines is 1. The van der Waals surface area contributed by atoms with E-state index in [4.69, 9.17) is 0 Å². The van der Waals surface area contributed by atoms with Crippen LogP contribution in [-0.2, 0) is 0 Å². The van der Waals surface area contributed by atoms with Crippen molar-refractivity contribution in [3.05, 3.63) is 42.5 Å². The highest BCUT2D eigenvalue weighted by Crippen LogP contribution is 2.30. The molecule has 19 heavy (non-hydrogen) atoms. The van der Waals surface area contributed by atoms with E-state index in [2.05, 4.69) is 52.7 Å². The number of fused-ring (bicyclic) bond motifs is 4.